The average Bonchev–Trinajstić information content (AvgIpc) is 1.98. The molecule has 2 heteroatoms. The van der Waals surface area contributed by atoms with Crippen LogP contribution in [0.1, 0.15) is 40.5 Å². The van der Waals surface area contributed by atoms with Gasteiger partial charge in [-0.2, -0.15) is 0 Å². The number of rotatable bonds is 2. The summed E-state index contributed by atoms with van der Waals surface area (Å²) in [7, 11) is 2.21. The second-order valence-corrected chi connectivity index (χ2v) is 4.64. The standard InChI is InChI=1S/C11H23NO/c1-8(2)13-11-6-9(3)12(5)10(4)7-11/h8-11H,6-7H2,1-5H3. The Morgan fingerprint density at radius 3 is 2.00 bits per heavy atom. The first-order valence-corrected chi connectivity index (χ1v) is 5.38. The van der Waals surface area contributed by atoms with Gasteiger partial charge in [0.25, 0.3) is 0 Å². The second-order valence-electron chi connectivity index (χ2n) is 4.64. The fourth-order valence-electron chi connectivity index (χ4n) is 2.12. The van der Waals surface area contributed by atoms with Crippen molar-refractivity contribution >= 4 is 0 Å². The van der Waals surface area contributed by atoms with Crippen LogP contribution in [0.25, 0.3) is 0 Å². The number of ether oxygens (including phenoxy) is 1. The van der Waals surface area contributed by atoms with Crippen molar-refractivity contribution in [1.29, 1.82) is 0 Å². The Balaban J connectivity index is 2.44. The predicted octanol–water partition coefficient (Wildman–Crippen LogP) is 2.28. The van der Waals surface area contributed by atoms with Gasteiger partial charge in [-0.05, 0) is 47.6 Å². The topological polar surface area (TPSA) is 12.5 Å². The van der Waals surface area contributed by atoms with Crippen LogP contribution in [0.3, 0.4) is 0 Å². The number of piperidine rings is 1. The maximum absolute atomic E-state index is 5.85. The van der Waals surface area contributed by atoms with Gasteiger partial charge in [-0.1, -0.05) is 0 Å². The Morgan fingerprint density at radius 2 is 1.62 bits per heavy atom. The Morgan fingerprint density at radius 1 is 1.15 bits per heavy atom. The molecule has 78 valence electrons. The zero-order valence-electron chi connectivity index (χ0n) is 9.58. The molecule has 0 aliphatic carbocycles. The highest BCUT2D eigenvalue weighted by atomic mass is 16.5. The van der Waals surface area contributed by atoms with Gasteiger partial charge in [0.15, 0.2) is 0 Å². The Hall–Kier alpha value is -0.0800. The van der Waals surface area contributed by atoms with E-state index in [1.54, 1.807) is 0 Å². The van der Waals surface area contributed by atoms with Gasteiger partial charge < -0.3 is 9.64 Å². The minimum absolute atomic E-state index is 0.368. The van der Waals surface area contributed by atoms with Crippen LogP contribution in [-0.4, -0.2) is 36.2 Å². The number of nitrogens with zero attached hydrogens (tertiary/aromatic N) is 1. The first-order chi connectivity index (χ1) is 6.00. The van der Waals surface area contributed by atoms with Gasteiger partial charge in [-0.25, -0.2) is 0 Å². The fraction of sp³-hybridized carbons (Fsp3) is 1.00. The van der Waals surface area contributed by atoms with Crippen LogP contribution >= 0.6 is 0 Å². The van der Waals surface area contributed by atoms with Crippen molar-refractivity contribution in [1.82, 2.24) is 4.90 Å². The van der Waals surface area contributed by atoms with E-state index in [1.807, 2.05) is 0 Å². The van der Waals surface area contributed by atoms with E-state index < -0.39 is 0 Å². The quantitative estimate of drug-likeness (QED) is 0.654. The first kappa shape index (κ1) is 11.0. The Bertz CT molecular complexity index is 146. The van der Waals surface area contributed by atoms with Crippen LogP contribution in [0.15, 0.2) is 0 Å². The molecule has 0 aromatic carbocycles. The zero-order chi connectivity index (χ0) is 10.0. The molecule has 0 aromatic rings. The van der Waals surface area contributed by atoms with E-state index in [4.69, 9.17) is 4.74 Å². The van der Waals surface area contributed by atoms with E-state index in [-0.39, 0.29) is 0 Å². The van der Waals surface area contributed by atoms with E-state index in [2.05, 4.69) is 39.6 Å². The lowest BCUT2D eigenvalue weighted by Crippen LogP contribution is -2.46. The summed E-state index contributed by atoms with van der Waals surface area (Å²) < 4.78 is 5.85. The van der Waals surface area contributed by atoms with Crippen LogP contribution in [-0.2, 0) is 4.74 Å². The van der Waals surface area contributed by atoms with Crippen molar-refractivity contribution in [2.45, 2.75) is 64.8 Å². The molecule has 1 aliphatic rings. The van der Waals surface area contributed by atoms with E-state index >= 15 is 0 Å². The zero-order valence-corrected chi connectivity index (χ0v) is 9.58. The van der Waals surface area contributed by atoms with Gasteiger partial charge in [-0.15, -0.1) is 0 Å². The highest BCUT2D eigenvalue weighted by Gasteiger charge is 2.28. The molecule has 2 atom stereocenters. The summed E-state index contributed by atoms with van der Waals surface area (Å²) in [6.07, 6.45) is 3.20. The van der Waals surface area contributed by atoms with Crippen molar-refractivity contribution < 1.29 is 4.74 Å². The molecule has 1 saturated heterocycles. The van der Waals surface area contributed by atoms with Crippen LogP contribution in [0.4, 0.5) is 0 Å². The average molecular weight is 185 g/mol. The van der Waals surface area contributed by atoms with Gasteiger partial charge in [0.1, 0.15) is 0 Å². The normalized spacial score (nSPS) is 36.9. The van der Waals surface area contributed by atoms with Crippen molar-refractivity contribution in [2.75, 3.05) is 7.05 Å². The SMILES string of the molecule is CC(C)OC1CC(C)N(C)C(C)C1. The Kier molecular flexibility index (Phi) is 3.74. The summed E-state index contributed by atoms with van der Waals surface area (Å²) in [4.78, 5) is 2.44. The van der Waals surface area contributed by atoms with Crippen LogP contribution in [0.2, 0.25) is 0 Å². The minimum Gasteiger partial charge on any atom is -0.375 e. The molecule has 1 heterocycles. The second kappa shape index (κ2) is 4.43. The minimum atomic E-state index is 0.368. The monoisotopic (exact) mass is 185 g/mol. The lowest BCUT2D eigenvalue weighted by Gasteiger charge is -2.40. The van der Waals surface area contributed by atoms with Crippen molar-refractivity contribution in [2.24, 2.45) is 0 Å². The summed E-state index contributed by atoms with van der Waals surface area (Å²) in [5, 5.41) is 0. The largest absolute Gasteiger partial charge is 0.375 e. The lowest BCUT2D eigenvalue weighted by molar-refractivity contribution is -0.0521. The Labute approximate surface area is 82.3 Å². The van der Waals surface area contributed by atoms with Gasteiger partial charge >= 0.3 is 0 Å². The molecule has 0 aromatic heterocycles. The van der Waals surface area contributed by atoms with Crippen molar-refractivity contribution in [3.8, 4) is 0 Å². The van der Waals surface area contributed by atoms with Gasteiger partial charge in [0, 0.05) is 12.1 Å². The molecule has 0 amide bonds. The molecular weight excluding hydrogens is 162 g/mol. The summed E-state index contributed by atoms with van der Waals surface area (Å²) in [6, 6.07) is 1.32. The van der Waals surface area contributed by atoms with Gasteiger partial charge in [0.05, 0.1) is 12.2 Å². The molecule has 0 spiro atoms. The first-order valence-electron chi connectivity index (χ1n) is 5.38. The summed E-state index contributed by atoms with van der Waals surface area (Å²) >= 11 is 0. The summed E-state index contributed by atoms with van der Waals surface area (Å²) in [6.45, 7) is 8.81. The molecule has 0 saturated carbocycles. The molecule has 1 aliphatic heterocycles. The van der Waals surface area contributed by atoms with E-state index in [0.717, 1.165) is 0 Å². The number of hydrogen-bond acceptors (Lipinski definition) is 2. The van der Waals surface area contributed by atoms with Crippen molar-refractivity contribution in [3.63, 3.8) is 0 Å². The van der Waals surface area contributed by atoms with Crippen LogP contribution < -0.4 is 0 Å². The molecule has 2 unspecified atom stereocenters. The fourth-order valence-corrected chi connectivity index (χ4v) is 2.12. The molecule has 0 bridgehead atoms. The summed E-state index contributed by atoms with van der Waals surface area (Å²) in [5.74, 6) is 0. The molecule has 0 N–H and O–H groups in total. The molecule has 0 radical (unpaired) electrons. The smallest absolute Gasteiger partial charge is 0.0608 e. The molecule has 13 heavy (non-hydrogen) atoms. The molecular formula is C11H23NO. The van der Waals surface area contributed by atoms with E-state index in [1.165, 1.54) is 12.8 Å². The third kappa shape index (κ3) is 2.96. The highest BCUT2D eigenvalue weighted by Crippen LogP contribution is 2.24. The number of hydrogen-bond donors (Lipinski definition) is 0. The van der Waals surface area contributed by atoms with E-state index in [0.29, 0.717) is 24.3 Å². The van der Waals surface area contributed by atoms with Crippen molar-refractivity contribution in [3.05, 3.63) is 0 Å². The predicted molar refractivity (Wildman–Crippen MR) is 55.9 cm³/mol. The molecule has 2 nitrogen and oxygen atoms in total. The maximum Gasteiger partial charge on any atom is 0.0608 e. The van der Waals surface area contributed by atoms with E-state index in [9.17, 15) is 0 Å². The highest BCUT2D eigenvalue weighted by molar-refractivity contribution is 4.83. The lowest BCUT2D eigenvalue weighted by atomic mass is 9.95. The van der Waals surface area contributed by atoms with Gasteiger partial charge in [-0.3, -0.25) is 0 Å². The molecule has 1 fully saturated rings. The number of likely N-dealkylation sites (tertiary alicyclic amines) is 1. The third-order valence-corrected chi connectivity index (χ3v) is 3.06. The van der Waals surface area contributed by atoms with Crippen LogP contribution in [0.5, 0.6) is 0 Å². The summed E-state index contributed by atoms with van der Waals surface area (Å²) in [5.41, 5.74) is 0. The molecule has 1 rings (SSSR count). The maximum atomic E-state index is 5.85. The third-order valence-electron chi connectivity index (χ3n) is 3.06. The van der Waals surface area contributed by atoms with Crippen LogP contribution in [0, 0.1) is 0 Å². The van der Waals surface area contributed by atoms with Gasteiger partial charge in [0.2, 0.25) is 0 Å².